The first kappa shape index (κ1) is 22.1. The second kappa shape index (κ2) is 7.27. The minimum atomic E-state index is -5.05. The standard InChI is InChI=1S/C21H26ClF3N2O2/c1-5-19(3,4)14-8-9-17-15(11-14)20(29,21(23,24)25)27(26-17)18(28)13-7-6-12(2)16(22)10-13/h6-7,10,14-15,29H,5,8-9,11H2,1-4H3/t14-,15+,20-/m1/s1. The van der Waals surface area contributed by atoms with Crippen molar-refractivity contribution < 1.29 is 23.1 Å². The number of hydrogen-bond acceptors (Lipinski definition) is 3. The van der Waals surface area contributed by atoms with Crippen LogP contribution < -0.4 is 0 Å². The van der Waals surface area contributed by atoms with Gasteiger partial charge in [0, 0.05) is 16.3 Å². The van der Waals surface area contributed by atoms with E-state index in [9.17, 15) is 23.1 Å². The van der Waals surface area contributed by atoms with E-state index in [1.54, 1.807) is 13.0 Å². The number of hydrazone groups is 1. The SMILES string of the molecule is CCC(C)(C)[C@@H]1CCC2=NN(C(=O)c3ccc(C)c(Cl)c3)[C@](O)(C(F)(F)F)[C@H]2C1. The summed E-state index contributed by atoms with van der Waals surface area (Å²) in [6, 6.07) is 4.25. The molecule has 0 bridgehead atoms. The van der Waals surface area contributed by atoms with Crippen molar-refractivity contribution in [2.45, 2.75) is 65.3 Å². The molecule has 1 aliphatic carbocycles. The molecule has 1 fully saturated rings. The summed E-state index contributed by atoms with van der Waals surface area (Å²) < 4.78 is 42.4. The van der Waals surface area contributed by atoms with Gasteiger partial charge in [-0.15, -0.1) is 0 Å². The molecule has 0 radical (unpaired) electrons. The van der Waals surface area contributed by atoms with Gasteiger partial charge in [-0.3, -0.25) is 4.79 Å². The Hall–Kier alpha value is -1.60. The fourth-order valence-electron chi connectivity index (χ4n) is 4.27. The van der Waals surface area contributed by atoms with Gasteiger partial charge in [0.1, 0.15) is 0 Å². The molecular formula is C21H26ClF3N2O2. The minimum absolute atomic E-state index is 0.00537. The number of alkyl halides is 3. The molecule has 2 aliphatic rings. The molecule has 1 amide bonds. The van der Waals surface area contributed by atoms with E-state index in [4.69, 9.17) is 11.6 Å². The van der Waals surface area contributed by atoms with Crippen LogP contribution >= 0.6 is 11.6 Å². The maximum Gasteiger partial charge on any atom is 0.439 e. The summed E-state index contributed by atoms with van der Waals surface area (Å²) in [5.41, 5.74) is -2.64. The molecule has 0 spiro atoms. The van der Waals surface area contributed by atoms with Gasteiger partial charge in [-0.2, -0.15) is 23.3 Å². The monoisotopic (exact) mass is 430 g/mol. The van der Waals surface area contributed by atoms with Gasteiger partial charge in [-0.05, 0) is 55.2 Å². The fraction of sp³-hybridized carbons (Fsp3) is 0.619. The second-order valence-electron chi connectivity index (χ2n) is 8.76. The molecule has 3 rings (SSSR count). The molecule has 4 nitrogen and oxygen atoms in total. The van der Waals surface area contributed by atoms with E-state index in [2.05, 4.69) is 5.10 Å². The highest BCUT2D eigenvalue weighted by Crippen LogP contribution is 2.52. The average Bonchev–Trinajstić information content (AvgIpc) is 2.97. The largest absolute Gasteiger partial charge is 0.439 e. The highest BCUT2D eigenvalue weighted by Gasteiger charge is 2.69. The zero-order valence-electron chi connectivity index (χ0n) is 17.0. The van der Waals surface area contributed by atoms with Crippen molar-refractivity contribution >= 4 is 23.2 Å². The van der Waals surface area contributed by atoms with Crippen molar-refractivity contribution in [1.82, 2.24) is 5.01 Å². The summed E-state index contributed by atoms with van der Waals surface area (Å²) in [7, 11) is 0. The molecule has 3 atom stereocenters. The molecule has 0 unspecified atom stereocenters. The molecule has 29 heavy (non-hydrogen) atoms. The highest BCUT2D eigenvalue weighted by molar-refractivity contribution is 6.31. The van der Waals surface area contributed by atoms with Crippen LogP contribution in [0.1, 0.15) is 62.4 Å². The quantitative estimate of drug-likeness (QED) is 0.682. The van der Waals surface area contributed by atoms with E-state index in [0.29, 0.717) is 18.4 Å². The third kappa shape index (κ3) is 3.56. The van der Waals surface area contributed by atoms with Crippen LogP contribution in [0.3, 0.4) is 0 Å². The lowest BCUT2D eigenvalue weighted by atomic mass is 9.64. The predicted octanol–water partition coefficient (Wildman–Crippen LogP) is 5.56. The summed E-state index contributed by atoms with van der Waals surface area (Å²) in [6.45, 7) is 7.78. The van der Waals surface area contributed by atoms with Gasteiger partial charge >= 0.3 is 6.18 Å². The molecule has 1 aromatic carbocycles. The third-order valence-electron chi connectivity index (χ3n) is 6.75. The first-order valence-corrected chi connectivity index (χ1v) is 10.2. The lowest BCUT2D eigenvalue weighted by Crippen LogP contribution is -2.62. The lowest BCUT2D eigenvalue weighted by molar-refractivity contribution is -0.314. The van der Waals surface area contributed by atoms with Crippen LogP contribution in [0.5, 0.6) is 0 Å². The summed E-state index contributed by atoms with van der Waals surface area (Å²) in [4.78, 5) is 13.0. The Bertz CT molecular complexity index is 853. The zero-order chi connectivity index (χ0) is 21.8. The number of amides is 1. The number of carbonyl (C=O) groups is 1. The zero-order valence-corrected chi connectivity index (χ0v) is 17.7. The van der Waals surface area contributed by atoms with E-state index in [1.807, 2.05) is 20.8 Å². The Morgan fingerprint density at radius 2 is 2.03 bits per heavy atom. The lowest BCUT2D eigenvalue weighted by Gasteiger charge is -2.43. The van der Waals surface area contributed by atoms with E-state index >= 15 is 0 Å². The Morgan fingerprint density at radius 1 is 1.38 bits per heavy atom. The molecule has 1 heterocycles. The van der Waals surface area contributed by atoms with Gasteiger partial charge in [0.2, 0.25) is 0 Å². The van der Waals surface area contributed by atoms with Crippen LogP contribution in [0.25, 0.3) is 0 Å². The topological polar surface area (TPSA) is 52.9 Å². The predicted molar refractivity (Wildman–Crippen MR) is 106 cm³/mol. The number of fused-ring (bicyclic) bond motifs is 1. The van der Waals surface area contributed by atoms with Crippen molar-refractivity contribution in [3.05, 3.63) is 34.3 Å². The minimum Gasteiger partial charge on any atom is -0.362 e. The Labute approximate surface area is 173 Å². The van der Waals surface area contributed by atoms with Crippen LogP contribution in [0.15, 0.2) is 23.3 Å². The Balaban J connectivity index is 2.01. The number of carbonyl (C=O) groups excluding carboxylic acids is 1. The van der Waals surface area contributed by atoms with Gasteiger partial charge in [-0.1, -0.05) is 44.9 Å². The second-order valence-corrected chi connectivity index (χ2v) is 9.17. The first-order valence-electron chi connectivity index (χ1n) is 9.80. The van der Waals surface area contributed by atoms with Gasteiger partial charge < -0.3 is 5.11 Å². The van der Waals surface area contributed by atoms with Crippen molar-refractivity contribution in [3.63, 3.8) is 0 Å². The van der Waals surface area contributed by atoms with E-state index in [0.717, 1.165) is 6.42 Å². The van der Waals surface area contributed by atoms with Crippen molar-refractivity contribution in [1.29, 1.82) is 0 Å². The van der Waals surface area contributed by atoms with Crippen molar-refractivity contribution in [2.24, 2.45) is 22.4 Å². The fourth-order valence-corrected chi connectivity index (χ4v) is 4.45. The molecule has 1 N–H and O–H groups in total. The molecule has 1 saturated carbocycles. The maximum atomic E-state index is 14.1. The van der Waals surface area contributed by atoms with Crippen LogP contribution in [0.2, 0.25) is 5.02 Å². The molecule has 160 valence electrons. The number of nitrogens with zero attached hydrogens (tertiary/aromatic N) is 2. The Morgan fingerprint density at radius 3 is 2.59 bits per heavy atom. The normalized spacial score (nSPS) is 27.6. The molecule has 8 heteroatoms. The molecule has 0 saturated heterocycles. The van der Waals surface area contributed by atoms with E-state index < -0.39 is 23.7 Å². The summed E-state index contributed by atoms with van der Waals surface area (Å²) in [5, 5.41) is 15.4. The van der Waals surface area contributed by atoms with E-state index in [1.165, 1.54) is 12.1 Å². The van der Waals surface area contributed by atoms with Crippen molar-refractivity contribution in [2.75, 3.05) is 0 Å². The number of rotatable bonds is 3. The average molecular weight is 431 g/mol. The van der Waals surface area contributed by atoms with Gasteiger partial charge in [-0.25, -0.2) is 0 Å². The van der Waals surface area contributed by atoms with Crippen molar-refractivity contribution in [3.8, 4) is 0 Å². The van der Waals surface area contributed by atoms with Crippen LogP contribution in [0.4, 0.5) is 13.2 Å². The van der Waals surface area contributed by atoms with Crippen LogP contribution in [-0.4, -0.2) is 33.6 Å². The summed E-state index contributed by atoms with van der Waals surface area (Å²) in [6.07, 6.45) is -3.09. The molecule has 1 aliphatic heterocycles. The van der Waals surface area contributed by atoms with Crippen LogP contribution in [-0.2, 0) is 0 Å². The summed E-state index contributed by atoms with van der Waals surface area (Å²) >= 11 is 6.04. The number of benzene rings is 1. The molecule has 0 aromatic heterocycles. The maximum absolute atomic E-state index is 14.1. The first-order chi connectivity index (χ1) is 13.3. The number of halogens is 4. The molecule has 1 aromatic rings. The Kier molecular flexibility index (Phi) is 5.54. The third-order valence-corrected chi connectivity index (χ3v) is 7.16. The van der Waals surface area contributed by atoms with Crippen LogP contribution in [0, 0.1) is 24.2 Å². The summed E-state index contributed by atoms with van der Waals surface area (Å²) in [5.74, 6) is -2.29. The number of aliphatic hydroxyl groups is 1. The van der Waals surface area contributed by atoms with Gasteiger partial charge in [0.25, 0.3) is 11.6 Å². The molecular weight excluding hydrogens is 405 g/mol. The van der Waals surface area contributed by atoms with Gasteiger partial charge in [0.15, 0.2) is 0 Å². The number of hydrogen-bond donors (Lipinski definition) is 1. The smallest absolute Gasteiger partial charge is 0.362 e. The van der Waals surface area contributed by atoms with Gasteiger partial charge in [0.05, 0.1) is 5.92 Å². The van der Waals surface area contributed by atoms with E-state index in [-0.39, 0.29) is 39.1 Å². The number of aryl methyl sites for hydroxylation is 1. The highest BCUT2D eigenvalue weighted by atomic mass is 35.5.